The molecule has 1 N–H and O–H groups in total. The van der Waals surface area contributed by atoms with Crippen LogP contribution in [-0.4, -0.2) is 37.1 Å². The van der Waals surface area contributed by atoms with Crippen molar-refractivity contribution >= 4 is 11.8 Å². The number of benzene rings is 1. The molecule has 0 aliphatic rings. The van der Waals surface area contributed by atoms with E-state index in [1.165, 1.54) is 13.2 Å². The van der Waals surface area contributed by atoms with Gasteiger partial charge in [0.1, 0.15) is 0 Å². The quantitative estimate of drug-likeness (QED) is 0.628. The van der Waals surface area contributed by atoms with Gasteiger partial charge in [0.15, 0.2) is 18.1 Å². The van der Waals surface area contributed by atoms with Crippen molar-refractivity contribution < 1.29 is 23.8 Å². The summed E-state index contributed by atoms with van der Waals surface area (Å²) in [5.74, 6) is 0.0939. The number of rotatable bonds is 7. The third-order valence-corrected chi connectivity index (χ3v) is 2.93. The predicted molar refractivity (Wildman–Crippen MR) is 79.6 cm³/mol. The van der Waals surface area contributed by atoms with Crippen LogP contribution in [-0.2, 0) is 4.74 Å². The highest BCUT2D eigenvalue weighted by molar-refractivity contribution is 5.98. The molecular formula is C16H17NO5. The van der Waals surface area contributed by atoms with Gasteiger partial charge in [-0.2, -0.15) is 0 Å². The van der Waals surface area contributed by atoms with Crippen LogP contribution < -0.4 is 9.47 Å². The third kappa shape index (κ3) is 3.66. The van der Waals surface area contributed by atoms with Crippen molar-refractivity contribution in [2.24, 2.45) is 0 Å². The average molecular weight is 303 g/mol. The third-order valence-electron chi connectivity index (χ3n) is 2.93. The second-order valence-corrected chi connectivity index (χ2v) is 4.38. The van der Waals surface area contributed by atoms with Crippen LogP contribution in [0, 0.1) is 0 Å². The van der Waals surface area contributed by atoms with Gasteiger partial charge in [-0.1, -0.05) is 0 Å². The molecule has 6 heteroatoms. The smallest absolute Gasteiger partial charge is 0.338 e. The second kappa shape index (κ2) is 7.31. The standard InChI is InChI=1S/C16H17NO5/c1-3-21-15-9-11(6-7-14(15)20-2)16(19)22-10-13(18)12-5-4-8-17-12/h4-9,17H,3,10H2,1-2H3. The Morgan fingerprint density at radius 1 is 1.18 bits per heavy atom. The molecular weight excluding hydrogens is 286 g/mol. The zero-order valence-corrected chi connectivity index (χ0v) is 12.4. The first-order valence-electron chi connectivity index (χ1n) is 6.80. The normalized spacial score (nSPS) is 10.1. The molecule has 0 fully saturated rings. The fourth-order valence-corrected chi connectivity index (χ4v) is 1.87. The van der Waals surface area contributed by atoms with Crippen LogP contribution >= 0.6 is 0 Å². The first-order chi connectivity index (χ1) is 10.7. The number of ketones is 1. The Balaban J connectivity index is 2.03. The Labute approximate surface area is 128 Å². The SMILES string of the molecule is CCOc1cc(C(=O)OCC(=O)c2ccc[nH]2)ccc1OC. The van der Waals surface area contributed by atoms with E-state index in [0.717, 1.165) is 0 Å². The topological polar surface area (TPSA) is 77.6 Å². The fourth-order valence-electron chi connectivity index (χ4n) is 1.87. The molecule has 6 nitrogen and oxygen atoms in total. The van der Waals surface area contributed by atoms with Gasteiger partial charge < -0.3 is 19.2 Å². The number of hydrogen-bond acceptors (Lipinski definition) is 5. The maximum atomic E-state index is 12.0. The van der Waals surface area contributed by atoms with E-state index >= 15 is 0 Å². The van der Waals surface area contributed by atoms with Gasteiger partial charge in [-0.25, -0.2) is 4.79 Å². The van der Waals surface area contributed by atoms with E-state index in [0.29, 0.717) is 29.4 Å². The van der Waals surface area contributed by atoms with E-state index < -0.39 is 5.97 Å². The number of esters is 1. The Morgan fingerprint density at radius 3 is 2.64 bits per heavy atom. The van der Waals surface area contributed by atoms with E-state index in [9.17, 15) is 9.59 Å². The number of aromatic nitrogens is 1. The summed E-state index contributed by atoms with van der Waals surface area (Å²) < 4.78 is 15.6. The fraction of sp³-hybridized carbons (Fsp3) is 0.250. The largest absolute Gasteiger partial charge is 0.493 e. The summed E-state index contributed by atoms with van der Waals surface area (Å²) in [6.07, 6.45) is 1.63. The van der Waals surface area contributed by atoms with Crippen LogP contribution in [0.25, 0.3) is 0 Å². The summed E-state index contributed by atoms with van der Waals surface area (Å²) in [6, 6.07) is 8.03. The maximum Gasteiger partial charge on any atom is 0.338 e. The van der Waals surface area contributed by atoms with Gasteiger partial charge in [0.25, 0.3) is 0 Å². The van der Waals surface area contributed by atoms with Crippen molar-refractivity contribution in [1.82, 2.24) is 4.98 Å². The van der Waals surface area contributed by atoms with Crippen molar-refractivity contribution in [3.05, 3.63) is 47.8 Å². The Morgan fingerprint density at radius 2 is 2.00 bits per heavy atom. The minimum Gasteiger partial charge on any atom is -0.493 e. The lowest BCUT2D eigenvalue weighted by molar-refractivity contribution is 0.0473. The van der Waals surface area contributed by atoms with Gasteiger partial charge in [0.2, 0.25) is 5.78 Å². The van der Waals surface area contributed by atoms with Crippen molar-refractivity contribution in [3.8, 4) is 11.5 Å². The molecule has 0 atom stereocenters. The van der Waals surface area contributed by atoms with E-state index in [2.05, 4.69) is 4.98 Å². The second-order valence-electron chi connectivity index (χ2n) is 4.38. The first-order valence-corrected chi connectivity index (χ1v) is 6.80. The summed E-state index contributed by atoms with van der Waals surface area (Å²) >= 11 is 0. The molecule has 0 aliphatic heterocycles. The monoisotopic (exact) mass is 303 g/mol. The lowest BCUT2D eigenvalue weighted by atomic mass is 10.2. The van der Waals surface area contributed by atoms with Gasteiger partial charge in [-0.05, 0) is 37.3 Å². The van der Waals surface area contributed by atoms with Crippen LogP contribution in [0.2, 0.25) is 0 Å². The summed E-state index contributed by atoms with van der Waals surface area (Å²) in [4.78, 5) is 26.5. The number of aromatic amines is 1. The van der Waals surface area contributed by atoms with Gasteiger partial charge in [0.05, 0.1) is 25.0 Å². The number of ether oxygens (including phenoxy) is 3. The maximum absolute atomic E-state index is 12.0. The molecule has 2 rings (SSSR count). The zero-order chi connectivity index (χ0) is 15.9. The number of nitrogens with one attached hydrogen (secondary N) is 1. The summed E-state index contributed by atoms with van der Waals surface area (Å²) in [6.45, 7) is 1.95. The van der Waals surface area contributed by atoms with Crippen LogP contribution in [0.3, 0.4) is 0 Å². The Bertz CT molecular complexity index is 649. The average Bonchev–Trinajstić information content (AvgIpc) is 3.07. The van der Waals surface area contributed by atoms with Gasteiger partial charge in [-0.3, -0.25) is 4.79 Å². The molecule has 0 unspecified atom stereocenters. The number of hydrogen-bond donors (Lipinski definition) is 1. The van der Waals surface area contributed by atoms with Crippen LogP contribution in [0.5, 0.6) is 11.5 Å². The molecule has 2 aromatic rings. The van der Waals surface area contributed by atoms with Crippen molar-refractivity contribution in [3.63, 3.8) is 0 Å². The minimum absolute atomic E-state index is 0.295. The molecule has 0 bridgehead atoms. The minimum atomic E-state index is -0.594. The molecule has 0 saturated heterocycles. The number of carbonyl (C=O) groups is 2. The lowest BCUT2D eigenvalue weighted by Crippen LogP contribution is -2.14. The van der Waals surface area contributed by atoms with Crippen LogP contribution in [0.15, 0.2) is 36.5 Å². The highest BCUT2D eigenvalue weighted by Gasteiger charge is 2.15. The summed E-state index contributed by atoms with van der Waals surface area (Å²) in [5, 5.41) is 0. The van der Waals surface area contributed by atoms with Crippen molar-refractivity contribution in [2.75, 3.05) is 20.3 Å². The number of H-pyrrole nitrogens is 1. The highest BCUT2D eigenvalue weighted by atomic mass is 16.5. The first kappa shape index (κ1) is 15.6. The van der Waals surface area contributed by atoms with E-state index in [-0.39, 0.29) is 12.4 Å². The molecule has 0 spiro atoms. The number of methoxy groups -OCH3 is 1. The zero-order valence-electron chi connectivity index (χ0n) is 12.4. The molecule has 0 amide bonds. The van der Waals surface area contributed by atoms with Crippen molar-refractivity contribution in [1.29, 1.82) is 0 Å². The van der Waals surface area contributed by atoms with Crippen LogP contribution in [0.1, 0.15) is 27.8 Å². The van der Waals surface area contributed by atoms with Gasteiger partial charge in [-0.15, -0.1) is 0 Å². The molecule has 0 saturated carbocycles. The highest BCUT2D eigenvalue weighted by Crippen LogP contribution is 2.28. The molecule has 22 heavy (non-hydrogen) atoms. The molecule has 1 aromatic carbocycles. The van der Waals surface area contributed by atoms with Crippen molar-refractivity contribution in [2.45, 2.75) is 6.92 Å². The molecule has 1 aromatic heterocycles. The molecule has 0 aliphatic carbocycles. The van der Waals surface area contributed by atoms with Crippen LogP contribution in [0.4, 0.5) is 0 Å². The van der Waals surface area contributed by atoms with E-state index in [1.54, 1.807) is 30.5 Å². The summed E-state index contributed by atoms with van der Waals surface area (Å²) in [7, 11) is 1.52. The van der Waals surface area contributed by atoms with Gasteiger partial charge in [0, 0.05) is 6.20 Å². The predicted octanol–water partition coefficient (Wildman–Crippen LogP) is 2.46. The molecule has 116 valence electrons. The van der Waals surface area contributed by atoms with E-state index in [1.807, 2.05) is 6.92 Å². The van der Waals surface area contributed by atoms with E-state index in [4.69, 9.17) is 14.2 Å². The molecule has 0 radical (unpaired) electrons. The summed E-state index contributed by atoms with van der Waals surface area (Å²) in [5.41, 5.74) is 0.695. The Hall–Kier alpha value is -2.76. The lowest BCUT2D eigenvalue weighted by Gasteiger charge is -2.10. The number of Topliss-reactive ketones (excluding diaryl/α,β-unsaturated/α-hetero) is 1. The Kier molecular flexibility index (Phi) is 5.19. The molecule has 1 heterocycles. The number of carbonyl (C=O) groups excluding carboxylic acids is 2. The van der Waals surface area contributed by atoms with Gasteiger partial charge >= 0.3 is 5.97 Å².